The zero-order chi connectivity index (χ0) is 21.2. The van der Waals surface area contributed by atoms with E-state index in [0.29, 0.717) is 24.1 Å². The average Bonchev–Trinajstić information content (AvgIpc) is 2.65. The third kappa shape index (κ3) is 4.27. The van der Waals surface area contributed by atoms with E-state index in [1.54, 1.807) is 19.1 Å². The molecule has 1 saturated carbocycles. The summed E-state index contributed by atoms with van der Waals surface area (Å²) in [5, 5.41) is 15.1. The normalized spacial score (nSPS) is 16.4. The molecule has 29 heavy (non-hydrogen) atoms. The first kappa shape index (κ1) is 20.9. The van der Waals surface area contributed by atoms with E-state index in [1.807, 2.05) is 0 Å². The number of aromatic nitrogens is 1. The van der Waals surface area contributed by atoms with Crippen LogP contribution in [0.25, 0.3) is 0 Å². The molecule has 1 aliphatic rings. The molecule has 0 aliphatic heterocycles. The molecular formula is C20H20F4N4O. The van der Waals surface area contributed by atoms with Gasteiger partial charge < -0.3 is 15.4 Å². The van der Waals surface area contributed by atoms with Crippen LogP contribution in [0.1, 0.15) is 36.1 Å². The molecule has 1 unspecified atom stereocenters. The van der Waals surface area contributed by atoms with E-state index >= 15 is 0 Å². The smallest absolute Gasteiger partial charge is 0.375 e. The van der Waals surface area contributed by atoms with E-state index in [9.17, 15) is 17.6 Å². The molecule has 0 saturated heterocycles. The van der Waals surface area contributed by atoms with Crippen molar-refractivity contribution in [3.63, 3.8) is 0 Å². The number of nitriles is 1. The van der Waals surface area contributed by atoms with Gasteiger partial charge in [0.25, 0.3) is 0 Å². The van der Waals surface area contributed by atoms with E-state index in [0.717, 1.165) is 18.7 Å². The lowest BCUT2D eigenvalue weighted by molar-refractivity contribution is -0.138. The van der Waals surface area contributed by atoms with Crippen LogP contribution in [0.3, 0.4) is 0 Å². The number of nitrogens with one attached hydrogen (secondary N) is 2. The molecule has 0 bridgehead atoms. The Kier molecular flexibility index (Phi) is 5.66. The highest BCUT2D eigenvalue weighted by molar-refractivity contribution is 5.52. The lowest BCUT2D eigenvalue weighted by Crippen LogP contribution is -2.58. The van der Waals surface area contributed by atoms with Crippen molar-refractivity contribution in [1.82, 2.24) is 4.98 Å². The minimum atomic E-state index is -4.70. The molecule has 0 radical (unpaired) electrons. The Bertz CT molecular complexity index is 935. The zero-order valence-electron chi connectivity index (χ0n) is 15.9. The lowest BCUT2D eigenvalue weighted by Gasteiger charge is -2.48. The summed E-state index contributed by atoms with van der Waals surface area (Å²) in [6, 6.07) is 7.08. The number of aryl methyl sites for hydroxylation is 1. The zero-order valence-corrected chi connectivity index (χ0v) is 15.9. The number of hydrogen-bond acceptors (Lipinski definition) is 5. The molecular weight excluding hydrogens is 388 g/mol. The molecule has 1 atom stereocenters. The number of benzene rings is 1. The summed E-state index contributed by atoms with van der Waals surface area (Å²) in [5.74, 6) is -0.350. The van der Waals surface area contributed by atoms with Gasteiger partial charge in [0.1, 0.15) is 11.9 Å². The molecule has 2 N–H and O–H groups in total. The molecule has 3 rings (SSSR count). The average molecular weight is 408 g/mol. The summed E-state index contributed by atoms with van der Waals surface area (Å²) >= 11 is 0. The quantitative estimate of drug-likeness (QED) is 0.529. The number of anilines is 2. The van der Waals surface area contributed by atoms with Gasteiger partial charge in [-0.1, -0.05) is 6.07 Å². The van der Waals surface area contributed by atoms with Crippen LogP contribution in [0.5, 0.6) is 0 Å². The van der Waals surface area contributed by atoms with Gasteiger partial charge in [-0.3, -0.25) is 0 Å². The number of pyridine rings is 1. The Labute approximate surface area is 165 Å². The van der Waals surface area contributed by atoms with Crippen LogP contribution >= 0.6 is 0 Å². The van der Waals surface area contributed by atoms with Crippen LogP contribution in [-0.4, -0.2) is 23.9 Å². The van der Waals surface area contributed by atoms with Crippen molar-refractivity contribution in [3.8, 4) is 6.07 Å². The van der Waals surface area contributed by atoms with Crippen molar-refractivity contribution < 1.29 is 22.3 Å². The highest BCUT2D eigenvalue weighted by Gasteiger charge is 2.45. The van der Waals surface area contributed by atoms with E-state index in [1.165, 1.54) is 19.2 Å². The van der Waals surface area contributed by atoms with Crippen LogP contribution < -0.4 is 10.6 Å². The maximum Gasteiger partial charge on any atom is 0.419 e. The van der Waals surface area contributed by atoms with Crippen LogP contribution in [0, 0.1) is 24.1 Å². The van der Waals surface area contributed by atoms with Gasteiger partial charge >= 0.3 is 6.18 Å². The predicted octanol–water partition coefficient (Wildman–Crippen LogP) is 4.84. The van der Waals surface area contributed by atoms with Crippen LogP contribution in [0.4, 0.5) is 28.9 Å². The molecule has 1 fully saturated rings. The minimum Gasteiger partial charge on any atom is -0.375 e. The summed E-state index contributed by atoms with van der Waals surface area (Å²) in [4.78, 5) is 3.61. The Morgan fingerprint density at radius 1 is 1.24 bits per heavy atom. The van der Waals surface area contributed by atoms with Gasteiger partial charge in [-0.05, 0) is 49.9 Å². The number of rotatable bonds is 6. The van der Waals surface area contributed by atoms with Crippen molar-refractivity contribution in [2.45, 2.75) is 44.1 Å². The number of nitrogens with zero attached hydrogens (tertiary/aromatic N) is 2. The maximum atomic E-state index is 13.9. The van der Waals surface area contributed by atoms with Crippen molar-refractivity contribution in [2.24, 2.45) is 0 Å². The van der Waals surface area contributed by atoms with Gasteiger partial charge in [0.2, 0.25) is 0 Å². The summed E-state index contributed by atoms with van der Waals surface area (Å²) in [6.07, 6.45) is -1.98. The number of methoxy groups -OCH3 is 1. The summed E-state index contributed by atoms with van der Waals surface area (Å²) in [7, 11) is 1.44. The summed E-state index contributed by atoms with van der Waals surface area (Å²) < 4.78 is 59.1. The SMILES string of the molecule is COC(Nc1cnc(C#N)c(C(F)(F)F)c1)C1(Nc2ccc(C)c(F)c2)CCC1. The molecule has 1 heterocycles. The van der Waals surface area contributed by atoms with E-state index in [-0.39, 0.29) is 11.5 Å². The molecule has 154 valence electrons. The van der Waals surface area contributed by atoms with Crippen LogP contribution in [0.2, 0.25) is 0 Å². The summed E-state index contributed by atoms with van der Waals surface area (Å²) in [6.45, 7) is 1.66. The number of hydrogen-bond donors (Lipinski definition) is 2. The molecule has 2 aromatic rings. The molecule has 0 amide bonds. The van der Waals surface area contributed by atoms with Crippen molar-refractivity contribution in [3.05, 3.63) is 53.1 Å². The van der Waals surface area contributed by atoms with Crippen molar-refractivity contribution >= 4 is 11.4 Å². The van der Waals surface area contributed by atoms with Gasteiger partial charge in [-0.2, -0.15) is 18.4 Å². The first-order valence-electron chi connectivity index (χ1n) is 8.99. The first-order chi connectivity index (χ1) is 13.7. The van der Waals surface area contributed by atoms with E-state index in [2.05, 4.69) is 15.6 Å². The van der Waals surface area contributed by atoms with Crippen molar-refractivity contribution in [1.29, 1.82) is 5.26 Å². The number of ether oxygens (including phenoxy) is 1. The molecule has 0 spiro atoms. The molecule has 1 aromatic heterocycles. The summed E-state index contributed by atoms with van der Waals surface area (Å²) in [5.41, 5.74) is -1.28. The van der Waals surface area contributed by atoms with Gasteiger partial charge in [0.05, 0.1) is 23.0 Å². The maximum absolute atomic E-state index is 13.9. The monoisotopic (exact) mass is 408 g/mol. The number of alkyl halides is 3. The molecule has 1 aliphatic carbocycles. The van der Waals surface area contributed by atoms with E-state index in [4.69, 9.17) is 10.00 Å². The highest BCUT2D eigenvalue weighted by Crippen LogP contribution is 2.40. The topological polar surface area (TPSA) is 70.0 Å². The second-order valence-electron chi connectivity index (χ2n) is 7.09. The Balaban J connectivity index is 1.86. The van der Waals surface area contributed by atoms with Gasteiger partial charge in [0, 0.05) is 12.8 Å². The second-order valence-corrected chi connectivity index (χ2v) is 7.09. The predicted molar refractivity (Wildman–Crippen MR) is 99.7 cm³/mol. The van der Waals surface area contributed by atoms with Gasteiger partial charge in [0.15, 0.2) is 11.9 Å². The fourth-order valence-corrected chi connectivity index (χ4v) is 3.39. The third-order valence-electron chi connectivity index (χ3n) is 5.15. The molecule has 1 aromatic carbocycles. The second kappa shape index (κ2) is 7.87. The van der Waals surface area contributed by atoms with Gasteiger partial charge in [-0.25, -0.2) is 9.37 Å². The largest absolute Gasteiger partial charge is 0.419 e. The number of halogens is 4. The van der Waals surface area contributed by atoms with Crippen LogP contribution in [0.15, 0.2) is 30.5 Å². The fraction of sp³-hybridized carbons (Fsp3) is 0.400. The highest BCUT2D eigenvalue weighted by atomic mass is 19.4. The molecule has 5 nitrogen and oxygen atoms in total. The standard InChI is InChI=1S/C20H20F4N4O/c1-12-4-5-13(9-16(12)21)28-19(6-3-7-19)18(29-2)27-14-8-15(20(22,23)24)17(10-25)26-11-14/h4-5,8-9,11,18,27-28H,3,6-7H2,1-2H3. The first-order valence-corrected chi connectivity index (χ1v) is 8.99. The van der Waals surface area contributed by atoms with Gasteiger partial charge in [-0.15, -0.1) is 0 Å². The minimum absolute atomic E-state index is 0.0753. The molecule has 9 heteroatoms. The Morgan fingerprint density at radius 3 is 2.48 bits per heavy atom. The van der Waals surface area contributed by atoms with Crippen LogP contribution in [-0.2, 0) is 10.9 Å². The fourth-order valence-electron chi connectivity index (χ4n) is 3.39. The third-order valence-corrected chi connectivity index (χ3v) is 5.15. The Morgan fingerprint density at radius 2 is 1.97 bits per heavy atom. The van der Waals surface area contributed by atoms with E-state index < -0.39 is 29.2 Å². The Hall–Kier alpha value is -2.86. The lowest BCUT2D eigenvalue weighted by atomic mass is 9.74. The van der Waals surface area contributed by atoms with Crippen molar-refractivity contribution in [2.75, 3.05) is 17.7 Å².